The highest BCUT2D eigenvalue weighted by atomic mass is 16.6. The molecule has 21 heavy (non-hydrogen) atoms. The second-order valence-corrected chi connectivity index (χ2v) is 6.10. The maximum absolute atomic E-state index is 11.3. The third-order valence-electron chi connectivity index (χ3n) is 3.92. The van der Waals surface area contributed by atoms with Crippen LogP contribution in [-0.4, -0.2) is 26.2 Å². The predicted molar refractivity (Wildman–Crippen MR) is 82.4 cm³/mol. The molecule has 6 heteroatoms. The molecule has 0 saturated carbocycles. The third-order valence-corrected chi connectivity index (χ3v) is 3.92. The minimum Gasteiger partial charge on any atom is -0.388 e. The average Bonchev–Trinajstić information content (AvgIpc) is 2.37. The molecule has 6 nitrogen and oxygen atoms in total. The number of pyridine rings is 1. The number of nitrogens with one attached hydrogen (secondary N) is 1. The maximum atomic E-state index is 11.3. The molecule has 0 fully saturated rings. The molecule has 2 rings (SSSR count). The molecule has 112 valence electrons. The highest BCUT2D eigenvalue weighted by molar-refractivity contribution is 5.96. The first kappa shape index (κ1) is 15.2. The SMILES string of the molecule is CC(C)(O)C(C)(C)Nc1c([N+](=O)[O-])cnc2ccccc12. The molecule has 0 amide bonds. The zero-order valence-corrected chi connectivity index (χ0v) is 12.5. The molecule has 1 heterocycles. The molecule has 0 bridgehead atoms. The van der Waals surface area contributed by atoms with E-state index in [4.69, 9.17) is 0 Å². The van der Waals surface area contributed by atoms with Gasteiger partial charge in [0.1, 0.15) is 11.9 Å². The van der Waals surface area contributed by atoms with E-state index >= 15 is 0 Å². The van der Waals surface area contributed by atoms with Gasteiger partial charge in [0.05, 0.1) is 21.6 Å². The molecule has 0 aliphatic rings. The Morgan fingerprint density at radius 1 is 1.24 bits per heavy atom. The van der Waals surface area contributed by atoms with Crippen molar-refractivity contribution in [2.24, 2.45) is 0 Å². The fraction of sp³-hybridized carbons (Fsp3) is 0.400. The van der Waals surface area contributed by atoms with Crippen molar-refractivity contribution < 1.29 is 10.0 Å². The van der Waals surface area contributed by atoms with Gasteiger partial charge in [0.15, 0.2) is 0 Å². The van der Waals surface area contributed by atoms with E-state index in [9.17, 15) is 15.2 Å². The molecule has 2 aromatic rings. The van der Waals surface area contributed by atoms with E-state index in [-0.39, 0.29) is 5.69 Å². The fourth-order valence-corrected chi connectivity index (χ4v) is 1.87. The maximum Gasteiger partial charge on any atom is 0.311 e. The highest BCUT2D eigenvalue weighted by Gasteiger charge is 2.37. The van der Waals surface area contributed by atoms with Crippen LogP contribution in [0.2, 0.25) is 0 Å². The Hall–Kier alpha value is -2.21. The largest absolute Gasteiger partial charge is 0.388 e. The van der Waals surface area contributed by atoms with Gasteiger partial charge in [0, 0.05) is 5.39 Å². The summed E-state index contributed by atoms with van der Waals surface area (Å²) in [7, 11) is 0. The smallest absolute Gasteiger partial charge is 0.311 e. The van der Waals surface area contributed by atoms with Crippen LogP contribution in [0.15, 0.2) is 30.5 Å². The molecule has 0 saturated heterocycles. The predicted octanol–water partition coefficient (Wildman–Crippen LogP) is 3.10. The quantitative estimate of drug-likeness (QED) is 0.667. The number of benzene rings is 1. The summed E-state index contributed by atoms with van der Waals surface area (Å²) < 4.78 is 0. The second-order valence-electron chi connectivity index (χ2n) is 6.10. The van der Waals surface area contributed by atoms with Crippen LogP contribution in [0.4, 0.5) is 11.4 Å². The van der Waals surface area contributed by atoms with Crippen LogP contribution < -0.4 is 5.32 Å². The molecule has 1 aromatic heterocycles. The summed E-state index contributed by atoms with van der Waals surface area (Å²) >= 11 is 0. The van der Waals surface area contributed by atoms with Crippen molar-refractivity contribution in [1.29, 1.82) is 0 Å². The van der Waals surface area contributed by atoms with Crippen LogP contribution in [0.5, 0.6) is 0 Å². The molecule has 2 N–H and O–H groups in total. The summed E-state index contributed by atoms with van der Waals surface area (Å²) in [5, 5.41) is 25.3. The number of rotatable bonds is 4. The molecule has 1 aromatic carbocycles. The number of aliphatic hydroxyl groups is 1. The Morgan fingerprint density at radius 3 is 2.43 bits per heavy atom. The van der Waals surface area contributed by atoms with Gasteiger partial charge in [-0.1, -0.05) is 18.2 Å². The Morgan fingerprint density at radius 2 is 1.86 bits per heavy atom. The average molecular weight is 289 g/mol. The molecule has 0 unspecified atom stereocenters. The van der Waals surface area contributed by atoms with Crippen LogP contribution in [0.3, 0.4) is 0 Å². The van der Waals surface area contributed by atoms with E-state index in [1.165, 1.54) is 6.20 Å². The minimum atomic E-state index is -1.06. The molecular weight excluding hydrogens is 270 g/mol. The minimum absolute atomic E-state index is 0.106. The van der Waals surface area contributed by atoms with Crippen molar-refractivity contribution in [3.8, 4) is 0 Å². The Labute approximate surface area is 123 Å². The van der Waals surface area contributed by atoms with E-state index in [0.29, 0.717) is 16.6 Å². The number of nitro groups is 1. The molecule has 0 spiro atoms. The van der Waals surface area contributed by atoms with Gasteiger partial charge in [-0.2, -0.15) is 0 Å². The van der Waals surface area contributed by atoms with Gasteiger partial charge < -0.3 is 10.4 Å². The summed E-state index contributed by atoms with van der Waals surface area (Å²) in [6.45, 7) is 6.92. The molecule has 0 atom stereocenters. The Bertz CT molecular complexity index is 690. The van der Waals surface area contributed by atoms with Crippen molar-refractivity contribution in [2.75, 3.05) is 5.32 Å². The topological polar surface area (TPSA) is 88.3 Å². The monoisotopic (exact) mass is 289 g/mol. The zero-order valence-electron chi connectivity index (χ0n) is 12.5. The number of anilines is 1. The molecule has 0 radical (unpaired) electrons. The molecular formula is C15H19N3O3. The van der Waals surface area contributed by atoms with Crippen LogP contribution in [0.1, 0.15) is 27.7 Å². The van der Waals surface area contributed by atoms with Gasteiger partial charge in [0.25, 0.3) is 0 Å². The van der Waals surface area contributed by atoms with Gasteiger partial charge in [-0.15, -0.1) is 0 Å². The van der Waals surface area contributed by atoms with Crippen LogP contribution in [-0.2, 0) is 0 Å². The summed E-state index contributed by atoms with van der Waals surface area (Å²) in [4.78, 5) is 14.9. The second kappa shape index (κ2) is 4.96. The number of aromatic nitrogens is 1. The number of hydrogen-bond acceptors (Lipinski definition) is 5. The van der Waals surface area contributed by atoms with Gasteiger partial charge in [-0.25, -0.2) is 4.98 Å². The summed E-state index contributed by atoms with van der Waals surface area (Å²) in [5.74, 6) is 0. The van der Waals surface area contributed by atoms with Crippen LogP contribution >= 0.6 is 0 Å². The summed E-state index contributed by atoms with van der Waals surface area (Å²) in [6, 6.07) is 7.20. The van der Waals surface area contributed by atoms with Crippen molar-refractivity contribution in [3.05, 3.63) is 40.6 Å². The first-order valence-electron chi connectivity index (χ1n) is 6.66. The lowest BCUT2D eigenvalue weighted by atomic mass is 9.85. The lowest BCUT2D eigenvalue weighted by Crippen LogP contribution is -2.51. The van der Waals surface area contributed by atoms with E-state index in [2.05, 4.69) is 10.3 Å². The van der Waals surface area contributed by atoms with Crippen molar-refractivity contribution in [1.82, 2.24) is 4.98 Å². The van der Waals surface area contributed by atoms with Crippen LogP contribution in [0, 0.1) is 10.1 Å². The van der Waals surface area contributed by atoms with Gasteiger partial charge in [-0.05, 0) is 33.8 Å². The zero-order chi connectivity index (χ0) is 15.8. The first-order valence-corrected chi connectivity index (χ1v) is 6.66. The fourth-order valence-electron chi connectivity index (χ4n) is 1.87. The van der Waals surface area contributed by atoms with Gasteiger partial charge >= 0.3 is 5.69 Å². The van der Waals surface area contributed by atoms with Crippen molar-refractivity contribution in [2.45, 2.75) is 38.8 Å². The van der Waals surface area contributed by atoms with Gasteiger partial charge in [-0.3, -0.25) is 10.1 Å². The standard InChI is InChI=1S/C15H19N3O3/c1-14(2,15(3,4)19)17-13-10-7-5-6-8-11(10)16-9-12(13)18(20)21/h5-9,19H,1-4H3,(H,16,17). The Kier molecular flexibility index (Phi) is 3.59. The van der Waals surface area contributed by atoms with Crippen molar-refractivity contribution >= 4 is 22.3 Å². The highest BCUT2D eigenvalue weighted by Crippen LogP contribution is 2.36. The van der Waals surface area contributed by atoms with E-state index in [1.807, 2.05) is 6.07 Å². The Balaban J connectivity index is 2.65. The molecule has 0 aliphatic carbocycles. The summed E-state index contributed by atoms with van der Waals surface area (Å²) in [5.41, 5.74) is -0.895. The van der Waals surface area contributed by atoms with Gasteiger partial charge in [0.2, 0.25) is 0 Å². The molecule has 0 aliphatic heterocycles. The van der Waals surface area contributed by atoms with Crippen molar-refractivity contribution in [3.63, 3.8) is 0 Å². The first-order chi connectivity index (χ1) is 9.63. The van der Waals surface area contributed by atoms with E-state index < -0.39 is 16.1 Å². The number of fused-ring (bicyclic) bond motifs is 1. The normalized spacial score (nSPS) is 12.4. The lowest BCUT2D eigenvalue weighted by Gasteiger charge is -2.38. The van der Waals surface area contributed by atoms with E-state index in [0.717, 1.165) is 0 Å². The number of nitrogens with zero attached hydrogens (tertiary/aromatic N) is 2. The van der Waals surface area contributed by atoms with E-state index in [1.54, 1.807) is 45.9 Å². The lowest BCUT2D eigenvalue weighted by molar-refractivity contribution is -0.384. The van der Waals surface area contributed by atoms with Crippen LogP contribution in [0.25, 0.3) is 10.9 Å². The number of para-hydroxylation sites is 1. The summed E-state index contributed by atoms with van der Waals surface area (Å²) in [6.07, 6.45) is 1.24. The third kappa shape index (κ3) is 2.80. The number of hydrogen-bond donors (Lipinski definition) is 2.